The molecule has 104 valence electrons. The van der Waals surface area contributed by atoms with Crippen LogP contribution in [0.2, 0.25) is 0 Å². The van der Waals surface area contributed by atoms with E-state index in [0.29, 0.717) is 10.2 Å². The lowest BCUT2D eigenvalue weighted by Crippen LogP contribution is -2.26. The van der Waals surface area contributed by atoms with Gasteiger partial charge in [-0.3, -0.25) is 15.1 Å². The van der Waals surface area contributed by atoms with Crippen molar-refractivity contribution in [2.24, 2.45) is 0 Å². The van der Waals surface area contributed by atoms with E-state index in [1.54, 1.807) is 18.2 Å². The Balaban J connectivity index is 2.19. The highest BCUT2D eigenvalue weighted by Crippen LogP contribution is 2.21. The van der Waals surface area contributed by atoms with Crippen LogP contribution in [0.5, 0.6) is 0 Å². The van der Waals surface area contributed by atoms with Crippen molar-refractivity contribution >= 4 is 51.4 Å². The van der Waals surface area contributed by atoms with Crippen LogP contribution in [0.25, 0.3) is 0 Å². The maximum Gasteiger partial charge on any atom is 0.323 e. The van der Waals surface area contributed by atoms with Crippen LogP contribution in [0.3, 0.4) is 0 Å². The number of rotatable bonds is 2. The Morgan fingerprint density at radius 2 is 1.95 bits per heavy atom. The van der Waals surface area contributed by atoms with Gasteiger partial charge in [-0.1, -0.05) is 12.1 Å². The lowest BCUT2D eigenvalue weighted by Gasteiger charge is -2.09. The van der Waals surface area contributed by atoms with Crippen LogP contribution < -0.4 is 21.9 Å². The number of amides is 2. The first kappa shape index (κ1) is 14.3. The molecule has 2 aromatic rings. The molecule has 2 amide bonds. The lowest BCUT2D eigenvalue weighted by atomic mass is 10.3. The van der Waals surface area contributed by atoms with Gasteiger partial charge in [-0.15, -0.1) is 0 Å². The van der Waals surface area contributed by atoms with Crippen molar-refractivity contribution in [3.05, 3.63) is 43.9 Å². The third-order valence-electron chi connectivity index (χ3n) is 2.33. The number of nitrogen functional groups attached to an aromatic ring is 1. The molecule has 20 heavy (non-hydrogen) atoms. The van der Waals surface area contributed by atoms with Crippen LogP contribution in [0.4, 0.5) is 22.0 Å². The van der Waals surface area contributed by atoms with Gasteiger partial charge < -0.3 is 16.0 Å². The first-order valence-corrected chi connectivity index (χ1v) is 6.62. The summed E-state index contributed by atoms with van der Waals surface area (Å²) in [7, 11) is 0. The zero-order valence-electron chi connectivity index (χ0n) is 9.99. The maximum absolute atomic E-state index is 11.8. The second-order valence-electron chi connectivity index (χ2n) is 3.76. The summed E-state index contributed by atoms with van der Waals surface area (Å²) in [6, 6.07) is 6.46. The number of H-pyrrole nitrogens is 2. The minimum atomic E-state index is -0.598. The number of aromatic amines is 2. The SMILES string of the molecule is Nc1[nH]c(=S)[nH]c(=O)c1NC(=O)Nc1ccccc1Br. The summed E-state index contributed by atoms with van der Waals surface area (Å²) in [6.07, 6.45) is 0. The molecule has 2 rings (SSSR count). The van der Waals surface area contributed by atoms with Crippen LogP contribution in [-0.2, 0) is 0 Å². The summed E-state index contributed by atoms with van der Waals surface area (Å²) >= 11 is 8.05. The highest BCUT2D eigenvalue weighted by Gasteiger charge is 2.11. The minimum Gasteiger partial charge on any atom is -0.383 e. The molecule has 0 saturated heterocycles. The van der Waals surface area contributed by atoms with Gasteiger partial charge in [-0.2, -0.15) is 0 Å². The number of carbonyl (C=O) groups is 1. The lowest BCUT2D eigenvalue weighted by molar-refractivity contribution is 0.262. The Hall–Kier alpha value is -2.13. The van der Waals surface area contributed by atoms with Gasteiger partial charge in [-0.05, 0) is 40.3 Å². The molecule has 0 atom stereocenters. The summed E-state index contributed by atoms with van der Waals surface area (Å²) in [5.41, 5.74) is 5.49. The Kier molecular flexibility index (Phi) is 4.20. The van der Waals surface area contributed by atoms with Gasteiger partial charge in [0, 0.05) is 4.47 Å². The van der Waals surface area contributed by atoms with E-state index in [-0.39, 0.29) is 16.3 Å². The van der Waals surface area contributed by atoms with Crippen LogP contribution in [0, 0.1) is 4.77 Å². The Morgan fingerprint density at radius 3 is 2.60 bits per heavy atom. The fourth-order valence-corrected chi connectivity index (χ4v) is 2.04. The molecular weight excluding hydrogens is 346 g/mol. The zero-order chi connectivity index (χ0) is 14.7. The van der Waals surface area contributed by atoms with Crippen molar-refractivity contribution in [3.8, 4) is 0 Å². The van der Waals surface area contributed by atoms with Crippen molar-refractivity contribution in [3.63, 3.8) is 0 Å². The molecule has 0 fully saturated rings. The average Bonchev–Trinajstić information content (AvgIpc) is 2.36. The highest BCUT2D eigenvalue weighted by atomic mass is 79.9. The van der Waals surface area contributed by atoms with E-state index in [2.05, 4.69) is 36.5 Å². The molecule has 0 aliphatic heterocycles. The average molecular weight is 356 g/mol. The van der Waals surface area contributed by atoms with E-state index >= 15 is 0 Å². The predicted molar refractivity (Wildman–Crippen MR) is 83.4 cm³/mol. The molecule has 0 bridgehead atoms. The number of hydrogen-bond donors (Lipinski definition) is 5. The van der Waals surface area contributed by atoms with Gasteiger partial charge in [0.05, 0.1) is 5.69 Å². The summed E-state index contributed by atoms with van der Waals surface area (Å²) in [5, 5.41) is 4.95. The van der Waals surface area contributed by atoms with Gasteiger partial charge in [0.1, 0.15) is 11.5 Å². The van der Waals surface area contributed by atoms with Crippen molar-refractivity contribution in [1.82, 2.24) is 9.97 Å². The fourth-order valence-electron chi connectivity index (χ4n) is 1.46. The molecule has 0 unspecified atom stereocenters. The fraction of sp³-hybridized carbons (Fsp3) is 0. The Labute approximate surface area is 126 Å². The number of nitrogens with one attached hydrogen (secondary N) is 4. The normalized spacial score (nSPS) is 10.1. The van der Waals surface area contributed by atoms with Gasteiger partial charge in [0.15, 0.2) is 4.77 Å². The predicted octanol–water partition coefficient (Wildman–Crippen LogP) is 2.42. The van der Waals surface area contributed by atoms with E-state index in [4.69, 9.17) is 18.0 Å². The topological polar surface area (TPSA) is 116 Å². The summed E-state index contributed by atoms with van der Waals surface area (Å²) in [5.74, 6) is -0.0129. The van der Waals surface area contributed by atoms with E-state index in [9.17, 15) is 9.59 Å². The van der Waals surface area contributed by atoms with Crippen LogP contribution in [0.15, 0.2) is 33.5 Å². The number of hydrogen-bond acceptors (Lipinski definition) is 4. The van der Waals surface area contributed by atoms with E-state index in [0.717, 1.165) is 0 Å². The molecule has 0 aliphatic rings. The van der Waals surface area contributed by atoms with Crippen LogP contribution in [-0.4, -0.2) is 16.0 Å². The molecule has 1 aromatic heterocycles. The number of halogens is 1. The first-order valence-electron chi connectivity index (χ1n) is 5.42. The quantitative estimate of drug-likeness (QED) is 0.532. The number of benzene rings is 1. The van der Waals surface area contributed by atoms with E-state index < -0.39 is 11.6 Å². The summed E-state index contributed by atoms with van der Waals surface area (Å²) in [6.45, 7) is 0. The first-order chi connectivity index (χ1) is 9.47. The number of aromatic nitrogens is 2. The van der Waals surface area contributed by atoms with E-state index in [1.807, 2.05) is 6.07 Å². The molecule has 0 aliphatic carbocycles. The van der Waals surface area contributed by atoms with E-state index in [1.165, 1.54) is 0 Å². The monoisotopic (exact) mass is 355 g/mol. The molecule has 7 nitrogen and oxygen atoms in total. The molecule has 1 aromatic carbocycles. The number of anilines is 3. The molecule has 6 N–H and O–H groups in total. The number of urea groups is 1. The molecule has 1 heterocycles. The number of nitrogens with two attached hydrogens (primary N) is 1. The largest absolute Gasteiger partial charge is 0.383 e. The Bertz CT molecular complexity index is 770. The number of para-hydroxylation sites is 1. The summed E-state index contributed by atoms with van der Waals surface area (Å²) in [4.78, 5) is 28.4. The van der Waals surface area contributed by atoms with Crippen molar-refractivity contribution in [2.75, 3.05) is 16.4 Å². The summed E-state index contributed by atoms with van der Waals surface area (Å²) < 4.78 is 0.800. The zero-order valence-corrected chi connectivity index (χ0v) is 12.4. The molecule has 9 heteroatoms. The minimum absolute atomic E-state index is 0.0129. The van der Waals surface area contributed by atoms with Gasteiger partial charge in [0.2, 0.25) is 0 Å². The molecular formula is C11H10BrN5O2S. The van der Waals surface area contributed by atoms with Crippen LogP contribution in [0.1, 0.15) is 0 Å². The van der Waals surface area contributed by atoms with Gasteiger partial charge in [-0.25, -0.2) is 4.79 Å². The van der Waals surface area contributed by atoms with Crippen molar-refractivity contribution in [2.45, 2.75) is 0 Å². The maximum atomic E-state index is 11.8. The number of carbonyl (C=O) groups excluding carboxylic acids is 1. The van der Waals surface area contributed by atoms with Crippen molar-refractivity contribution in [1.29, 1.82) is 0 Å². The molecule has 0 radical (unpaired) electrons. The highest BCUT2D eigenvalue weighted by molar-refractivity contribution is 9.10. The molecule has 0 saturated carbocycles. The van der Waals surface area contributed by atoms with Gasteiger partial charge >= 0.3 is 6.03 Å². The smallest absolute Gasteiger partial charge is 0.323 e. The Morgan fingerprint density at radius 1 is 1.25 bits per heavy atom. The third-order valence-corrected chi connectivity index (χ3v) is 3.23. The second kappa shape index (κ2) is 5.88. The third kappa shape index (κ3) is 3.25. The standard InChI is InChI=1S/C11H10BrN5O2S/c12-5-3-1-2-4-6(5)14-10(19)15-7-8(13)16-11(20)17-9(7)18/h1-4H,(H2,14,15,19)(H4,13,16,17,18,20). The van der Waals surface area contributed by atoms with Gasteiger partial charge in [0.25, 0.3) is 5.56 Å². The molecule has 0 spiro atoms. The van der Waals surface area contributed by atoms with Crippen LogP contribution >= 0.6 is 28.1 Å². The van der Waals surface area contributed by atoms with Crippen molar-refractivity contribution < 1.29 is 4.79 Å². The second-order valence-corrected chi connectivity index (χ2v) is 5.02.